The summed E-state index contributed by atoms with van der Waals surface area (Å²) in [5, 5.41) is 11.3. The van der Waals surface area contributed by atoms with Crippen LogP contribution in [0.2, 0.25) is 0 Å². The normalized spacial score (nSPS) is 10.7. The first-order valence-electron chi connectivity index (χ1n) is 9.41. The van der Waals surface area contributed by atoms with Gasteiger partial charge in [-0.1, -0.05) is 31.7 Å². The number of fused-ring (bicyclic) bond motifs is 2. The molecule has 3 N–H and O–H groups in total. The number of hydrogen-bond acceptors (Lipinski definition) is 5. The molecule has 5 aromatic rings. The van der Waals surface area contributed by atoms with Gasteiger partial charge in [0, 0.05) is 29.8 Å². The lowest BCUT2D eigenvalue weighted by atomic mass is 10.2. The zero-order chi connectivity index (χ0) is 20.5. The van der Waals surface area contributed by atoms with Crippen molar-refractivity contribution in [1.82, 2.24) is 30.5 Å². The van der Waals surface area contributed by atoms with Crippen LogP contribution in [-0.2, 0) is 6.54 Å². The van der Waals surface area contributed by atoms with Gasteiger partial charge in [-0.05, 0) is 29.8 Å². The summed E-state index contributed by atoms with van der Waals surface area (Å²) >= 11 is 0. The molecule has 3 heterocycles. The van der Waals surface area contributed by atoms with Crippen molar-refractivity contribution in [1.29, 1.82) is 0 Å². The van der Waals surface area contributed by atoms with E-state index in [9.17, 15) is 4.79 Å². The van der Waals surface area contributed by atoms with Crippen LogP contribution in [0.4, 0.5) is 0 Å². The molecule has 0 bridgehead atoms. The first-order chi connectivity index (χ1) is 14.7. The topological polar surface area (TPSA) is 109 Å². The Morgan fingerprint density at radius 2 is 1.97 bits per heavy atom. The van der Waals surface area contributed by atoms with Crippen molar-refractivity contribution >= 4 is 27.8 Å². The summed E-state index contributed by atoms with van der Waals surface area (Å²) in [7, 11) is 1.56. The van der Waals surface area contributed by atoms with E-state index >= 15 is 0 Å². The third-order valence-corrected chi connectivity index (χ3v) is 4.90. The van der Waals surface area contributed by atoms with Gasteiger partial charge < -0.3 is 15.0 Å². The quantitative estimate of drug-likeness (QED) is 0.402. The van der Waals surface area contributed by atoms with Gasteiger partial charge in [0.15, 0.2) is 5.82 Å². The summed E-state index contributed by atoms with van der Waals surface area (Å²) in [4.78, 5) is 24.6. The van der Waals surface area contributed by atoms with E-state index < -0.39 is 0 Å². The Morgan fingerprint density at radius 3 is 2.77 bits per heavy atom. The number of amides is 1. The molecular weight excluding hydrogens is 392 g/mol. The second-order valence-electron chi connectivity index (χ2n) is 6.83. The molecule has 0 fully saturated rings. The lowest BCUT2D eigenvalue weighted by Gasteiger charge is -2.06. The number of H-pyrrole nitrogens is 2. The molecule has 8 heteroatoms. The second-order valence-corrected chi connectivity index (χ2v) is 6.83. The number of aromatic amines is 2. The smallest absolute Gasteiger partial charge is 0.251 e. The van der Waals surface area contributed by atoms with Crippen LogP contribution in [0.15, 0.2) is 60.8 Å². The Morgan fingerprint density at radius 1 is 1.10 bits per heavy atom. The fraction of sp³-hybridized carbons (Fsp3) is 0.130. The molecule has 8 nitrogen and oxygen atoms in total. The molecule has 0 spiro atoms. The maximum Gasteiger partial charge on any atom is 0.251 e. The number of methoxy groups -OCH3 is 1. The standard InChI is InChI=1S/C22H18N6O2.CH4/c1-30-19-9-6-13(11-23-19)12-24-22(29)14-7-8-17-18(10-14)26-21(25-17)20-15-4-2-3-5-16(15)27-28-20;/h2-11H,12H2,1H3,(H,24,29)(H,25,26)(H,27,28);1H4. The van der Waals surface area contributed by atoms with Gasteiger partial charge in [0.1, 0.15) is 5.69 Å². The molecule has 0 aliphatic carbocycles. The number of pyridine rings is 1. The van der Waals surface area contributed by atoms with Crippen molar-refractivity contribution in [2.45, 2.75) is 14.0 Å². The minimum Gasteiger partial charge on any atom is -0.481 e. The van der Waals surface area contributed by atoms with E-state index in [0.29, 0.717) is 23.8 Å². The highest BCUT2D eigenvalue weighted by molar-refractivity contribution is 5.98. The third kappa shape index (κ3) is 3.83. The SMILES string of the molecule is C.COc1ccc(CNC(=O)c2ccc3nc(-c4n[nH]c5ccccc45)[nH]c3c2)cn1. The number of hydrogen-bond donors (Lipinski definition) is 3. The van der Waals surface area contributed by atoms with E-state index in [-0.39, 0.29) is 13.3 Å². The first-order valence-corrected chi connectivity index (χ1v) is 9.41. The molecule has 0 saturated carbocycles. The Bertz CT molecular complexity index is 1350. The average Bonchev–Trinajstić information content (AvgIpc) is 3.41. The molecule has 3 aromatic heterocycles. The fourth-order valence-corrected chi connectivity index (χ4v) is 3.33. The largest absolute Gasteiger partial charge is 0.481 e. The lowest BCUT2D eigenvalue weighted by Crippen LogP contribution is -2.22. The molecule has 156 valence electrons. The molecule has 0 radical (unpaired) electrons. The van der Waals surface area contributed by atoms with Crippen LogP contribution in [0.1, 0.15) is 23.3 Å². The maximum atomic E-state index is 12.6. The molecule has 0 saturated heterocycles. The minimum absolute atomic E-state index is 0. The zero-order valence-corrected chi connectivity index (χ0v) is 16.1. The van der Waals surface area contributed by atoms with Crippen molar-refractivity contribution in [3.8, 4) is 17.4 Å². The number of nitrogens with one attached hydrogen (secondary N) is 3. The Balaban J connectivity index is 0.00000231. The Kier molecular flexibility index (Phi) is 5.36. The van der Waals surface area contributed by atoms with Crippen LogP contribution < -0.4 is 10.1 Å². The number of benzene rings is 2. The minimum atomic E-state index is -0.172. The van der Waals surface area contributed by atoms with Gasteiger partial charge in [0.2, 0.25) is 5.88 Å². The highest BCUT2D eigenvalue weighted by Gasteiger charge is 2.14. The summed E-state index contributed by atoms with van der Waals surface area (Å²) in [6.45, 7) is 0.376. The van der Waals surface area contributed by atoms with Gasteiger partial charge in [-0.2, -0.15) is 5.10 Å². The van der Waals surface area contributed by atoms with Gasteiger partial charge in [0.25, 0.3) is 5.91 Å². The van der Waals surface area contributed by atoms with Crippen LogP contribution in [-0.4, -0.2) is 38.2 Å². The van der Waals surface area contributed by atoms with Gasteiger partial charge in [-0.3, -0.25) is 9.89 Å². The third-order valence-electron chi connectivity index (χ3n) is 4.90. The van der Waals surface area contributed by atoms with Crippen molar-refractivity contribution in [3.05, 3.63) is 71.9 Å². The maximum absolute atomic E-state index is 12.6. The zero-order valence-electron chi connectivity index (χ0n) is 16.1. The van der Waals surface area contributed by atoms with E-state index in [1.165, 1.54) is 0 Å². The van der Waals surface area contributed by atoms with Crippen LogP contribution in [0.25, 0.3) is 33.5 Å². The highest BCUT2D eigenvalue weighted by atomic mass is 16.5. The molecule has 2 aromatic carbocycles. The van der Waals surface area contributed by atoms with Crippen molar-refractivity contribution in [2.24, 2.45) is 0 Å². The molecular formula is C23H22N6O2. The first kappa shape index (κ1) is 20.1. The number of imidazole rings is 1. The van der Waals surface area contributed by atoms with E-state index in [0.717, 1.165) is 33.2 Å². The van der Waals surface area contributed by atoms with Gasteiger partial charge in [0.05, 0.1) is 23.7 Å². The predicted molar refractivity (Wildman–Crippen MR) is 120 cm³/mol. The molecule has 31 heavy (non-hydrogen) atoms. The van der Waals surface area contributed by atoms with Crippen LogP contribution >= 0.6 is 0 Å². The van der Waals surface area contributed by atoms with Crippen LogP contribution in [0, 0.1) is 0 Å². The highest BCUT2D eigenvalue weighted by Crippen LogP contribution is 2.26. The molecule has 0 unspecified atom stereocenters. The van der Waals surface area contributed by atoms with Crippen molar-refractivity contribution in [3.63, 3.8) is 0 Å². The second kappa shape index (κ2) is 8.27. The summed E-state index contributed by atoms with van der Waals surface area (Å²) in [5.41, 5.74) is 4.68. The number of aromatic nitrogens is 5. The summed E-state index contributed by atoms with van der Waals surface area (Å²) < 4.78 is 5.04. The van der Waals surface area contributed by atoms with E-state index in [1.54, 1.807) is 31.5 Å². The molecule has 1 amide bonds. The number of rotatable bonds is 5. The van der Waals surface area contributed by atoms with Gasteiger partial charge >= 0.3 is 0 Å². The molecule has 0 aliphatic heterocycles. The monoisotopic (exact) mass is 414 g/mol. The summed E-state index contributed by atoms with van der Waals surface area (Å²) in [6.07, 6.45) is 1.68. The molecule has 0 aliphatic rings. The number of carbonyl (C=O) groups is 1. The predicted octanol–water partition coefficient (Wildman–Crippen LogP) is 4.08. The Labute approximate surface area is 178 Å². The van der Waals surface area contributed by atoms with Crippen LogP contribution in [0.3, 0.4) is 0 Å². The average molecular weight is 414 g/mol. The summed E-state index contributed by atoms with van der Waals surface area (Å²) in [6, 6.07) is 16.9. The van der Waals surface area contributed by atoms with Crippen molar-refractivity contribution < 1.29 is 9.53 Å². The lowest BCUT2D eigenvalue weighted by molar-refractivity contribution is 0.0951. The number of nitrogens with zero attached hydrogens (tertiary/aromatic N) is 3. The molecule has 5 rings (SSSR count). The molecule has 0 atom stereocenters. The van der Waals surface area contributed by atoms with Crippen LogP contribution in [0.5, 0.6) is 5.88 Å². The Hall–Kier alpha value is -4.20. The number of ether oxygens (including phenoxy) is 1. The van der Waals surface area contributed by atoms with Gasteiger partial charge in [-0.15, -0.1) is 0 Å². The van der Waals surface area contributed by atoms with Crippen molar-refractivity contribution in [2.75, 3.05) is 7.11 Å². The number of carbonyl (C=O) groups excluding carboxylic acids is 1. The fourth-order valence-electron chi connectivity index (χ4n) is 3.33. The van der Waals surface area contributed by atoms with E-state index in [2.05, 4.69) is 30.5 Å². The number of para-hydroxylation sites is 1. The van der Waals surface area contributed by atoms with Gasteiger partial charge in [-0.25, -0.2) is 9.97 Å². The summed E-state index contributed by atoms with van der Waals surface area (Å²) in [5.74, 6) is 1.02. The van der Waals surface area contributed by atoms with E-state index in [1.807, 2.05) is 36.4 Å². The van der Waals surface area contributed by atoms with E-state index in [4.69, 9.17) is 4.74 Å².